The van der Waals surface area contributed by atoms with Crippen molar-refractivity contribution in [2.24, 2.45) is 0 Å². The molecular formula is C22H22FN3O2. The molecule has 1 aromatic carbocycles. The maximum absolute atomic E-state index is 13.9. The topological polar surface area (TPSA) is 68.1 Å². The normalized spacial score (nSPS) is 19.4. The standard InChI is InChI=1S/C22H22FN3O2/c1-14-10-16(13-24-12-14)15-6-7-17(20(27)11-15)19-8-9-22(26-25-19)28-21-5-3-2-4-18(21)23/h6-13,18,21,27H,2-5H2,1H3/t18-,21+/m0/s1. The van der Waals surface area contributed by atoms with E-state index in [0.717, 1.165) is 29.5 Å². The highest BCUT2D eigenvalue weighted by Gasteiger charge is 2.26. The minimum absolute atomic E-state index is 0.109. The van der Waals surface area contributed by atoms with Crippen LogP contribution in [0.5, 0.6) is 11.6 Å². The van der Waals surface area contributed by atoms with Gasteiger partial charge in [0.25, 0.3) is 0 Å². The van der Waals surface area contributed by atoms with Gasteiger partial charge in [0.05, 0.1) is 5.69 Å². The van der Waals surface area contributed by atoms with Gasteiger partial charge < -0.3 is 9.84 Å². The number of phenols is 1. The molecule has 0 radical (unpaired) electrons. The van der Waals surface area contributed by atoms with E-state index in [1.807, 2.05) is 19.1 Å². The van der Waals surface area contributed by atoms with E-state index < -0.39 is 12.3 Å². The van der Waals surface area contributed by atoms with E-state index in [1.54, 1.807) is 36.7 Å². The lowest BCUT2D eigenvalue weighted by Gasteiger charge is -2.25. The highest BCUT2D eigenvalue weighted by Crippen LogP contribution is 2.33. The Balaban J connectivity index is 1.52. The lowest BCUT2D eigenvalue weighted by Crippen LogP contribution is -2.32. The molecule has 0 amide bonds. The minimum Gasteiger partial charge on any atom is -0.507 e. The third-order valence-corrected chi connectivity index (χ3v) is 5.02. The lowest BCUT2D eigenvalue weighted by molar-refractivity contribution is 0.0594. The van der Waals surface area contributed by atoms with Crippen molar-refractivity contribution >= 4 is 0 Å². The van der Waals surface area contributed by atoms with E-state index in [9.17, 15) is 9.50 Å². The molecule has 0 spiro atoms. The summed E-state index contributed by atoms with van der Waals surface area (Å²) in [7, 11) is 0. The third kappa shape index (κ3) is 3.96. The first-order valence-electron chi connectivity index (χ1n) is 9.50. The Labute approximate surface area is 163 Å². The molecule has 0 saturated heterocycles. The SMILES string of the molecule is Cc1cncc(-c2ccc(-c3ccc(O[C@@H]4CCCC[C@@H]4F)nn3)c(O)c2)c1. The van der Waals surface area contributed by atoms with Crippen LogP contribution in [0.1, 0.15) is 31.2 Å². The fourth-order valence-corrected chi connectivity index (χ4v) is 3.51. The first-order chi connectivity index (χ1) is 13.6. The van der Waals surface area contributed by atoms with Crippen molar-refractivity contribution in [3.05, 3.63) is 54.4 Å². The van der Waals surface area contributed by atoms with Crippen LogP contribution >= 0.6 is 0 Å². The summed E-state index contributed by atoms with van der Waals surface area (Å²) in [6.45, 7) is 1.97. The van der Waals surface area contributed by atoms with Crippen molar-refractivity contribution < 1.29 is 14.2 Å². The number of aryl methyl sites for hydroxylation is 1. The van der Waals surface area contributed by atoms with E-state index >= 15 is 0 Å². The number of halogens is 1. The van der Waals surface area contributed by atoms with Crippen molar-refractivity contribution in [3.8, 4) is 34.0 Å². The van der Waals surface area contributed by atoms with Crippen molar-refractivity contribution in [2.45, 2.75) is 44.9 Å². The zero-order chi connectivity index (χ0) is 19.5. The molecule has 5 nitrogen and oxygen atoms in total. The van der Waals surface area contributed by atoms with E-state index in [-0.39, 0.29) is 5.75 Å². The number of rotatable bonds is 4. The zero-order valence-electron chi connectivity index (χ0n) is 15.7. The van der Waals surface area contributed by atoms with Crippen LogP contribution in [0.3, 0.4) is 0 Å². The molecule has 2 heterocycles. The summed E-state index contributed by atoms with van der Waals surface area (Å²) in [5.41, 5.74) is 3.96. The predicted octanol–water partition coefficient (Wildman–Crippen LogP) is 4.88. The molecule has 1 N–H and O–H groups in total. The van der Waals surface area contributed by atoms with Gasteiger partial charge in [0.1, 0.15) is 18.0 Å². The number of alkyl halides is 1. The zero-order valence-corrected chi connectivity index (χ0v) is 15.7. The molecule has 1 saturated carbocycles. The van der Waals surface area contributed by atoms with Gasteiger partial charge in [0.2, 0.25) is 5.88 Å². The van der Waals surface area contributed by atoms with Crippen molar-refractivity contribution in [3.63, 3.8) is 0 Å². The number of ether oxygens (including phenoxy) is 1. The van der Waals surface area contributed by atoms with E-state index in [0.29, 0.717) is 30.0 Å². The summed E-state index contributed by atoms with van der Waals surface area (Å²) in [5.74, 6) is 0.415. The van der Waals surface area contributed by atoms with Gasteiger partial charge in [-0.15, -0.1) is 10.2 Å². The first-order valence-corrected chi connectivity index (χ1v) is 9.50. The smallest absolute Gasteiger partial charge is 0.233 e. The van der Waals surface area contributed by atoms with Crippen LogP contribution in [0.2, 0.25) is 0 Å². The Morgan fingerprint density at radius 1 is 1.00 bits per heavy atom. The largest absolute Gasteiger partial charge is 0.507 e. The highest BCUT2D eigenvalue weighted by atomic mass is 19.1. The van der Waals surface area contributed by atoms with Crippen LogP contribution in [0.25, 0.3) is 22.4 Å². The van der Waals surface area contributed by atoms with Gasteiger partial charge in [-0.25, -0.2) is 4.39 Å². The number of hydrogen-bond donors (Lipinski definition) is 1. The van der Waals surface area contributed by atoms with Gasteiger partial charge in [0, 0.05) is 29.6 Å². The van der Waals surface area contributed by atoms with Gasteiger partial charge >= 0.3 is 0 Å². The number of pyridine rings is 1. The number of aromatic nitrogens is 3. The van der Waals surface area contributed by atoms with Crippen LogP contribution in [-0.2, 0) is 0 Å². The Kier molecular flexibility index (Phi) is 5.19. The average molecular weight is 379 g/mol. The number of nitrogens with zero attached hydrogens (tertiary/aromatic N) is 3. The van der Waals surface area contributed by atoms with Gasteiger partial charge in [-0.05, 0) is 61.6 Å². The molecule has 144 valence electrons. The fourth-order valence-electron chi connectivity index (χ4n) is 3.51. The monoisotopic (exact) mass is 379 g/mol. The second kappa shape index (κ2) is 7.92. The third-order valence-electron chi connectivity index (χ3n) is 5.02. The number of benzene rings is 1. The summed E-state index contributed by atoms with van der Waals surface area (Å²) in [4.78, 5) is 4.19. The number of aromatic hydroxyl groups is 1. The summed E-state index contributed by atoms with van der Waals surface area (Å²) < 4.78 is 19.6. The molecule has 1 aliphatic carbocycles. The fraction of sp³-hybridized carbons (Fsp3) is 0.318. The molecule has 0 unspecified atom stereocenters. The summed E-state index contributed by atoms with van der Waals surface area (Å²) in [6, 6.07) is 10.8. The Morgan fingerprint density at radius 3 is 2.57 bits per heavy atom. The molecule has 1 aliphatic rings. The number of phenolic OH excluding ortho intramolecular Hbond substituents is 1. The maximum atomic E-state index is 13.9. The molecule has 2 atom stereocenters. The van der Waals surface area contributed by atoms with Crippen LogP contribution in [-0.4, -0.2) is 32.6 Å². The predicted molar refractivity (Wildman–Crippen MR) is 105 cm³/mol. The van der Waals surface area contributed by atoms with Crippen LogP contribution in [0.4, 0.5) is 4.39 Å². The second-order valence-electron chi connectivity index (χ2n) is 7.20. The van der Waals surface area contributed by atoms with Gasteiger partial charge in [-0.3, -0.25) is 4.98 Å². The second-order valence-corrected chi connectivity index (χ2v) is 7.20. The maximum Gasteiger partial charge on any atom is 0.233 e. The molecule has 0 aliphatic heterocycles. The van der Waals surface area contributed by atoms with Crippen molar-refractivity contribution in [2.75, 3.05) is 0 Å². The van der Waals surface area contributed by atoms with Gasteiger partial charge in [0.15, 0.2) is 0 Å². The summed E-state index contributed by atoms with van der Waals surface area (Å²) in [5, 5.41) is 18.7. The Hall–Kier alpha value is -3.02. The molecule has 28 heavy (non-hydrogen) atoms. The minimum atomic E-state index is -0.956. The molecule has 6 heteroatoms. The lowest BCUT2D eigenvalue weighted by atomic mass is 9.96. The summed E-state index contributed by atoms with van der Waals surface area (Å²) >= 11 is 0. The van der Waals surface area contributed by atoms with Crippen LogP contribution < -0.4 is 4.74 Å². The van der Waals surface area contributed by atoms with Crippen LogP contribution in [0.15, 0.2) is 48.8 Å². The highest BCUT2D eigenvalue weighted by molar-refractivity contribution is 5.74. The van der Waals surface area contributed by atoms with Crippen molar-refractivity contribution in [1.82, 2.24) is 15.2 Å². The van der Waals surface area contributed by atoms with Crippen LogP contribution in [0, 0.1) is 6.92 Å². The molecule has 2 aromatic heterocycles. The first kappa shape index (κ1) is 18.3. The van der Waals surface area contributed by atoms with Gasteiger partial charge in [-0.1, -0.05) is 12.5 Å². The van der Waals surface area contributed by atoms with E-state index in [4.69, 9.17) is 4.74 Å². The van der Waals surface area contributed by atoms with E-state index in [2.05, 4.69) is 15.2 Å². The Bertz CT molecular complexity index is 962. The molecular weight excluding hydrogens is 357 g/mol. The average Bonchev–Trinajstić information content (AvgIpc) is 2.70. The Morgan fingerprint density at radius 2 is 1.86 bits per heavy atom. The molecule has 4 rings (SSSR count). The number of hydrogen-bond acceptors (Lipinski definition) is 5. The molecule has 0 bridgehead atoms. The summed E-state index contributed by atoms with van der Waals surface area (Å²) in [6.07, 6.45) is 5.24. The molecule has 1 fully saturated rings. The van der Waals surface area contributed by atoms with Gasteiger partial charge in [-0.2, -0.15) is 0 Å². The molecule has 3 aromatic rings. The van der Waals surface area contributed by atoms with Crippen molar-refractivity contribution in [1.29, 1.82) is 0 Å². The van der Waals surface area contributed by atoms with E-state index in [1.165, 1.54) is 0 Å². The quantitative estimate of drug-likeness (QED) is 0.700.